The number of nitriles is 2. The summed E-state index contributed by atoms with van der Waals surface area (Å²) in [5.74, 6) is 1.02. The molecule has 0 heterocycles. The summed E-state index contributed by atoms with van der Waals surface area (Å²) in [6.45, 7) is 0.206. The summed E-state index contributed by atoms with van der Waals surface area (Å²) >= 11 is 2.12. The molecule has 0 bridgehead atoms. The minimum absolute atomic E-state index is 0.0401. The highest BCUT2D eigenvalue weighted by atomic mass is 127. The van der Waals surface area contributed by atoms with Crippen molar-refractivity contribution in [2.75, 3.05) is 7.11 Å². The number of hydrogen-bond acceptors (Lipinski definition) is 6. The molecule has 0 aliphatic rings. The monoisotopic (exact) mass is 537 g/mol. The Labute approximate surface area is 198 Å². The first-order valence-electron chi connectivity index (χ1n) is 9.31. The maximum atomic E-state index is 10.8. The quantitative estimate of drug-likeness (QED) is 0.125. The largest absolute Gasteiger partial charge is 0.493 e. The molecule has 0 spiro atoms. The predicted molar refractivity (Wildman–Crippen MR) is 128 cm³/mol. The molecule has 158 valence electrons. The van der Waals surface area contributed by atoms with Gasteiger partial charge in [0.15, 0.2) is 11.5 Å². The highest BCUT2D eigenvalue weighted by molar-refractivity contribution is 14.1. The maximum Gasteiger partial charge on any atom is 0.269 e. The van der Waals surface area contributed by atoms with Crippen LogP contribution in [0.1, 0.15) is 22.3 Å². The zero-order valence-electron chi connectivity index (χ0n) is 16.9. The van der Waals surface area contributed by atoms with Gasteiger partial charge in [0, 0.05) is 17.7 Å². The van der Waals surface area contributed by atoms with Gasteiger partial charge in [-0.05, 0) is 70.1 Å². The molecular weight excluding hydrogens is 521 g/mol. The number of hydrogen-bond donors (Lipinski definition) is 0. The lowest BCUT2D eigenvalue weighted by Crippen LogP contribution is -2.02. The summed E-state index contributed by atoms with van der Waals surface area (Å²) in [7, 11) is 1.52. The fraction of sp³-hybridized carbons (Fsp3) is 0.0833. The van der Waals surface area contributed by atoms with Crippen LogP contribution in [0.15, 0.2) is 60.7 Å². The van der Waals surface area contributed by atoms with Crippen LogP contribution in [0.25, 0.3) is 11.6 Å². The first kappa shape index (κ1) is 22.8. The summed E-state index contributed by atoms with van der Waals surface area (Å²) < 4.78 is 12.2. The van der Waals surface area contributed by atoms with Crippen molar-refractivity contribution in [3.8, 4) is 23.6 Å². The van der Waals surface area contributed by atoms with Gasteiger partial charge in [0.1, 0.15) is 6.61 Å². The third-order valence-corrected chi connectivity index (χ3v) is 5.38. The predicted octanol–water partition coefficient (Wildman–Crippen LogP) is 5.72. The van der Waals surface area contributed by atoms with E-state index in [1.807, 2.05) is 18.2 Å². The molecule has 3 aromatic carbocycles. The van der Waals surface area contributed by atoms with Gasteiger partial charge in [-0.25, -0.2) is 0 Å². The van der Waals surface area contributed by atoms with E-state index in [0.29, 0.717) is 33.8 Å². The lowest BCUT2D eigenvalue weighted by atomic mass is 10.0. The second kappa shape index (κ2) is 10.4. The molecule has 32 heavy (non-hydrogen) atoms. The van der Waals surface area contributed by atoms with Gasteiger partial charge in [-0.2, -0.15) is 10.5 Å². The molecule has 0 aliphatic carbocycles. The number of benzene rings is 3. The SMILES string of the molecule is COc1cc(/C=C(/C#N)c2ccc([N+](=O)[O-])cc2)cc(I)c1OCc1ccccc1C#N. The van der Waals surface area contributed by atoms with Gasteiger partial charge in [0.05, 0.1) is 38.9 Å². The number of methoxy groups -OCH3 is 1. The zero-order chi connectivity index (χ0) is 23.1. The molecule has 0 saturated carbocycles. The number of rotatable bonds is 7. The third-order valence-electron chi connectivity index (χ3n) is 4.58. The standard InChI is InChI=1S/C24H16IN3O4/c1-31-23-12-16(10-20(14-27)17-6-8-21(9-7-17)28(29)30)11-22(25)24(23)32-15-19-5-3-2-4-18(19)13-26/h2-12H,15H2,1H3/b20-10-. The second-order valence-electron chi connectivity index (χ2n) is 6.57. The Morgan fingerprint density at radius 2 is 1.88 bits per heavy atom. The van der Waals surface area contributed by atoms with E-state index in [1.54, 1.807) is 36.4 Å². The Kier molecular flexibility index (Phi) is 7.42. The van der Waals surface area contributed by atoms with Crippen LogP contribution in [0.5, 0.6) is 11.5 Å². The van der Waals surface area contributed by atoms with Crippen LogP contribution in [-0.2, 0) is 6.61 Å². The number of non-ortho nitro benzene ring substituents is 1. The van der Waals surface area contributed by atoms with E-state index >= 15 is 0 Å². The highest BCUT2D eigenvalue weighted by Gasteiger charge is 2.14. The van der Waals surface area contributed by atoms with E-state index in [1.165, 1.54) is 19.2 Å². The molecule has 0 amide bonds. The summed E-state index contributed by atoms with van der Waals surface area (Å²) in [6.07, 6.45) is 1.68. The van der Waals surface area contributed by atoms with Gasteiger partial charge in [-0.15, -0.1) is 0 Å². The van der Waals surface area contributed by atoms with E-state index in [-0.39, 0.29) is 12.3 Å². The van der Waals surface area contributed by atoms with Crippen molar-refractivity contribution in [3.05, 3.63) is 96.6 Å². The molecule has 3 aromatic rings. The maximum absolute atomic E-state index is 10.8. The molecule has 0 aromatic heterocycles. The Morgan fingerprint density at radius 3 is 2.50 bits per heavy atom. The van der Waals surface area contributed by atoms with E-state index in [2.05, 4.69) is 34.7 Å². The van der Waals surface area contributed by atoms with Crippen molar-refractivity contribution in [3.63, 3.8) is 0 Å². The van der Waals surface area contributed by atoms with Crippen LogP contribution in [0.4, 0.5) is 5.69 Å². The first-order valence-corrected chi connectivity index (χ1v) is 10.4. The molecule has 0 atom stereocenters. The van der Waals surface area contributed by atoms with Crippen LogP contribution < -0.4 is 9.47 Å². The normalized spacial score (nSPS) is 10.7. The van der Waals surface area contributed by atoms with E-state index < -0.39 is 4.92 Å². The van der Waals surface area contributed by atoms with Gasteiger partial charge in [-0.3, -0.25) is 10.1 Å². The van der Waals surface area contributed by atoms with Crippen LogP contribution in [0, 0.1) is 36.3 Å². The topological polar surface area (TPSA) is 109 Å². The van der Waals surface area contributed by atoms with Gasteiger partial charge < -0.3 is 9.47 Å². The van der Waals surface area contributed by atoms with Gasteiger partial charge in [0.25, 0.3) is 5.69 Å². The van der Waals surface area contributed by atoms with Crippen LogP contribution in [-0.4, -0.2) is 12.0 Å². The molecule has 0 radical (unpaired) electrons. The molecule has 3 rings (SSSR count). The Balaban J connectivity index is 1.90. The fourth-order valence-corrected chi connectivity index (χ4v) is 3.76. The van der Waals surface area contributed by atoms with E-state index in [4.69, 9.17) is 9.47 Å². The lowest BCUT2D eigenvalue weighted by Gasteiger charge is -2.14. The summed E-state index contributed by atoms with van der Waals surface area (Å²) in [4.78, 5) is 10.4. The zero-order valence-corrected chi connectivity index (χ0v) is 19.1. The molecule has 0 aliphatic heterocycles. The molecule has 7 nitrogen and oxygen atoms in total. The van der Waals surface area contributed by atoms with Gasteiger partial charge >= 0.3 is 0 Å². The average molecular weight is 537 g/mol. The third kappa shape index (κ3) is 5.23. The van der Waals surface area contributed by atoms with Crippen LogP contribution >= 0.6 is 22.6 Å². The smallest absolute Gasteiger partial charge is 0.269 e. The van der Waals surface area contributed by atoms with Crippen molar-refractivity contribution in [2.24, 2.45) is 0 Å². The van der Waals surface area contributed by atoms with Gasteiger partial charge in [-0.1, -0.05) is 18.2 Å². The fourth-order valence-electron chi connectivity index (χ4n) is 2.98. The summed E-state index contributed by atoms with van der Waals surface area (Å²) in [6, 6.07) is 20.9. The minimum Gasteiger partial charge on any atom is -0.493 e. The molecule has 0 fully saturated rings. The van der Waals surface area contributed by atoms with Crippen molar-refractivity contribution in [1.82, 2.24) is 0 Å². The minimum atomic E-state index is -0.486. The molecule has 0 unspecified atom stereocenters. The van der Waals surface area contributed by atoms with Crippen molar-refractivity contribution in [2.45, 2.75) is 6.61 Å². The van der Waals surface area contributed by atoms with Crippen molar-refractivity contribution in [1.29, 1.82) is 10.5 Å². The van der Waals surface area contributed by atoms with Crippen molar-refractivity contribution >= 4 is 39.9 Å². The summed E-state index contributed by atoms with van der Waals surface area (Å²) in [5, 5.41) is 29.7. The second-order valence-corrected chi connectivity index (χ2v) is 7.73. The summed E-state index contributed by atoms with van der Waals surface area (Å²) in [5.41, 5.74) is 2.91. The molecule has 0 saturated heterocycles. The lowest BCUT2D eigenvalue weighted by molar-refractivity contribution is -0.384. The number of nitro benzene ring substituents is 1. The molecule has 8 heteroatoms. The van der Waals surface area contributed by atoms with Crippen LogP contribution in [0.2, 0.25) is 0 Å². The Bertz CT molecular complexity index is 1270. The first-order chi connectivity index (χ1) is 15.5. The highest BCUT2D eigenvalue weighted by Crippen LogP contribution is 2.36. The Hall–Kier alpha value is -3.89. The van der Waals surface area contributed by atoms with E-state index in [0.717, 1.165) is 9.13 Å². The number of allylic oxidation sites excluding steroid dienone is 1. The molecule has 0 N–H and O–H groups in total. The van der Waals surface area contributed by atoms with E-state index in [9.17, 15) is 20.6 Å². The van der Waals surface area contributed by atoms with Crippen LogP contribution in [0.3, 0.4) is 0 Å². The van der Waals surface area contributed by atoms with Crippen molar-refractivity contribution < 1.29 is 14.4 Å². The number of ether oxygens (including phenoxy) is 2. The molecular formula is C24H16IN3O4. The average Bonchev–Trinajstić information content (AvgIpc) is 2.81. The number of nitro groups is 1. The number of nitrogens with zero attached hydrogens (tertiary/aromatic N) is 3. The van der Waals surface area contributed by atoms with Gasteiger partial charge in [0.2, 0.25) is 0 Å². The number of halogens is 1. The Morgan fingerprint density at radius 1 is 1.16 bits per heavy atom.